The Morgan fingerprint density at radius 1 is 0.806 bits per heavy atom. The van der Waals surface area contributed by atoms with Gasteiger partial charge in [-0.05, 0) is 27.8 Å². The Bertz CT molecular complexity index is 1220. The first-order chi connectivity index (χ1) is 15.1. The number of imide groups is 1. The number of hydrogen-bond acceptors (Lipinski definition) is 3. The smallest absolute Gasteiger partial charge is 0.319 e. The first-order valence-corrected chi connectivity index (χ1v) is 10.4. The Morgan fingerprint density at radius 3 is 1.94 bits per heavy atom. The number of carboxylic acid groups (broad SMARTS) is 1. The van der Waals surface area contributed by atoms with Gasteiger partial charge in [-0.15, -0.1) is 0 Å². The molecule has 5 nitrogen and oxygen atoms in total. The van der Waals surface area contributed by atoms with Crippen LogP contribution in [0.3, 0.4) is 0 Å². The number of rotatable bonds is 3. The fraction of sp³-hybridized carbons (Fsp3) is 0.192. The number of aliphatic carboxylic acids is 1. The molecule has 2 unspecified atom stereocenters. The molecule has 3 aliphatic carbocycles. The van der Waals surface area contributed by atoms with Crippen molar-refractivity contribution in [2.24, 2.45) is 11.8 Å². The van der Waals surface area contributed by atoms with Gasteiger partial charge in [-0.25, -0.2) is 0 Å². The van der Waals surface area contributed by atoms with E-state index in [0.717, 1.165) is 16.7 Å². The summed E-state index contributed by atoms with van der Waals surface area (Å²) >= 11 is 0. The molecule has 152 valence electrons. The van der Waals surface area contributed by atoms with Crippen molar-refractivity contribution in [1.82, 2.24) is 4.90 Å². The predicted molar refractivity (Wildman–Crippen MR) is 112 cm³/mol. The molecule has 0 aromatic heterocycles. The van der Waals surface area contributed by atoms with E-state index in [1.54, 1.807) is 12.1 Å². The lowest BCUT2D eigenvalue weighted by Gasteiger charge is -2.51. The van der Waals surface area contributed by atoms with Crippen LogP contribution in [-0.4, -0.2) is 27.8 Å². The zero-order chi connectivity index (χ0) is 21.3. The van der Waals surface area contributed by atoms with Gasteiger partial charge in [-0.1, -0.05) is 78.9 Å². The van der Waals surface area contributed by atoms with Gasteiger partial charge in [0.05, 0.1) is 18.4 Å². The second kappa shape index (κ2) is 6.14. The molecule has 1 fully saturated rings. The minimum atomic E-state index is -1.56. The van der Waals surface area contributed by atoms with Crippen LogP contribution in [-0.2, 0) is 26.3 Å². The Hall–Kier alpha value is -3.73. The third kappa shape index (κ3) is 2.08. The van der Waals surface area contributed by atoms with Crippen molar-refractivity contribution in [3.63, 3.8) is 0 Å². The number of likely N-dealkylation sites (tertiary alicyclic amines) is 1. The molecule has 31 heavy (non-hydrogen) atoms. The van der Waals surface area contributed by atoms with Gasteiger partial charge in [0.25, 0.3) is 0 Å². The summed E-state index contributed by atoms with van der Waals surface area (Å²) in [6.07, 6.45) is 0. The normalized spacial score (nSPS) is 27.6. The third-order valence-corrected chi connectivity index (χ3v) is 7.23. The lowest BCUT2D eigenvalue weighted by atomic mass is 9.47. The van der Waals surface area contributed by atoms with E-state index in [1.165, 1.54) is 4.90 Å². The highest BCUT2D eigenvalue weighted by Crippen LogP contribution is 2.64. The standard InChI is InChI=1S/C26H19NO4/c28-23-21-20-16-10-4-6-12-18(16)26(25(30)31,19-13-7-5-11-17(19)20)22(21)24(29)27(23)14-15-8-2-1-3-9-15/h1-13,20-22H,14H2,(H,30,31). The first-order valence-electron chi connectivity index (χ1n) is 10.4. The van der Waals surface area contributed by atoms with E-state index in [4.69, 9.17) is 0 Å². The highest BCUT2D eigenvalue weighted by molar-refractivity contribution is 6.12. The van der Waals surface area contributed by atoms with E-state index in [0.29, 0.717) is 11.1 Å². The molecule has 5 heteroatoms. The van der Waals surface area contributed by atoms with Crippen molar-refractivity contribution in [3.8, 4) is 0 Å². The zero-order valence-electron chi connectivity index (χ0n) is 16.6. The van der Waals surface area contributed by atoms with E-state index in [-0.39, 0.29) is 18.4 Å². The summed E-state index contributed by atoms with van der Waals surface area (Å²) in [4.78, 5) is 41.7. The largest absolute Gasteiger partial charge is 0.480 e. The van der Waals surface area contributed by atoms with Crippen LogP contribution >= 0.6 is 0 Å². The maximum atomic E-state index is 13.7. The monoisotopic (exact) mass is 409 g/mol. The molecule has 3 aromatic carbocycles. The number of amides is 2. The van der Waals surface area contributed by atoms with Crippen LogP contribution in [0.5, 0.6) is 0 Å². The quantitative estimate of drug-likeness (QED) is 0.674. The molecule has 2 atom stereocenters. The molecule has 1 heterocycles. The summed E-state index contributed by atoms with van der Waals surface area (Å²) in [6.45, 7) is 0.153. The molecular weight excluding hydrogens is 390 g/mol. The number of nitrogens with zero attached hydrogens (tertiary/aromatic N) is 1. The van der Waals surface area contributed by atoms with E-state index in [9.17, 15) is 19.5 Å². The average molecular weight is 409 g/mol. The fourth-order valence-electron chi connectivity index (χ4n) is 6.12. The highest BCUT2D eigenvalue weighted by atomic mass is 16.4. The van der Waals surface area contributed by atoms with Crippen LogP contribution in [0.1, 0.15) is 33.7 Å². The molecule has 1 N–H and O–H groups in total. The third-order valence-electron chi connectivity index (χ3n) is 7.23. The SMILES string of the molecule is O=C1C2C3c4ccccc4C(C(=O)O)(c4ccccc43)C2C(=O)N1Cc1ccccc1. The van der Waals surface area contributed by atoms with Gasteiger partial charge >= 0.3 is 5.97 Å². The predicted octanol–water partition coefficient (Wildman–Crippen LogP) is 3.32. The van der Waals surface area contributed by atoms with Crippen molar-refractivity contribution < 1.29 is 19.5 Å². The Balaban J connectivity index is 1.61. The Morgan fingerprint density at radius 2 is 1.35 bits per heavy atom. The van der Waals surface area contributed by atoms with Gasteiger partial charge in [0.1, 0.15) is 5.41 Å². The van der Waals surface area contributed by atoms with Crippen molar-refractivity contribution in [3.05, 3.63) is 107 Å². The molecule has 3 aromatic rings. The Labute approximate surface area is 178 Å². The van der Waals surface area contributed by atoms with Crippen molar-refractivity contribution >= 4 is 17.8 Å². The van der Waals surface area contributed by atoms with E-state index in [1.807, 2.05) is 66.7 Å². The minimum absolute atomic E-state index is 0.153. The molecule has 4 aliphatic rings. The van der Waals surface area contributed by atoms with Crippen molar-refractivity contribution in [1.29, 1.82) is 0 Å². The lowest BCUT2D eigenvalue weighted by molar-refractivity contribution is -0.150. The summed E-state index contributed by atoms with van der Waals surface area (Å²) in [6, 6.07) is 24.1. The van der Waals surface area contributed by atoms with E-state index < -0.39 is 29.1 Å². The van der Waals surface area contributed by atoms with Crippen LogP contribution < -0.4 is 0 Å². The number of carbonyl (C=O) groups is 3. The summed E-state index contributed by atoms with van der Waals surface area (Å²) in [5.74, 6) is -3.74. The molecule has 2 amide bonds. The van der Waals surface area contributed by atoms with Gasteiger partial charge in [-0.3, -0.25) is 19.3 Å². The molecule has 1 saturated heterocycles. The number of benzene rings is 3. The topological polar surface area (TPSA) is 74.7 Å². The van der Waals surface area contributed by atoms with Gasteiger partial charge < -0.3 is 5.11 Å². The molecule has 2 bridgehead atoms. The Kier molecular flexibility index (Phi) is 3.58. The van der Waals surface area contributed by atoms with Crippen LogP contribution in [0.15, 0.2) is 78.9 Å². The van der Waals surface area contributed by atoms with E-state index >= 15 is 0 Å². The van der Waals surface area contributed by atoms with Gasteiger partial charge in [0, 0.05) is 5.92 Å². The number of carboxylic acids is 1. The van der Waals surface area contributed by atoms with Gasteiger partial charge in [0.15, 0.2) is 0 Å². The average Bonchev–Trinajstić information content (AvgIpc) is 3.05. The summed E-state index contributed by atoms with van der Waals surface area (Å²) in [5, 5.41) is 10.7. The maximum absolute atomic E-state index is 13.7. The van der Waals surface area contributed by atoms with Crippen molar-refractivity contribution in [2.75, 3.05) is 0 Å². The second-order valence-corrected chi connectivity index (χ2v) is 8.52. The number of hydrogen-bond donors (Lipinski definition) is 1. The van der Waals surface area contributed by atoms with E-state index in [2.05, 4.69) is 0 Å². The second-order valence-electron chi connectivity index (χ2n) is 8.52. The summed E-state index contributed by atoms with van der Waals surface area (Å²) < 4.78 is 0. The van der Waals surface area contributed by atoms with Crippen LogP contribution in [0.25, 0.3) is 0 Å². The summed E-state index contributed by atoms with van der Waals surface area (Å²) in [5.41, 5.74) is 2.23. The zero-order valence-corrected chi connectivity index (χ0v) is 16.6. The molecule has 0 radical (unpaired) electrons. The molecule has 0 saturated carbocycles. The molecule has 1 aliphatic heterocycles. The van der Waals surface area contributed by atoms with Crippen molar-refractivity contribution in [2.45, 2.75) is 17.9 Å². The van der Waals surface area contributed by atoms with Gasteiger partial charge in [0.2, 0.25) is 11.8 Å². The maximum Gasteiger partial charge on any atom is 0.319 e. The molecule has 7 rings (SSSR count). The lowest BCUT2D eigenvalue weighted by Crippen LogP contribution is -2.57. The fourth-order valence-corrected chi connectivity index (χ4v) is 6.12. The summed E-state index contributed by atoms with van der Waals surface area (Å²) in [7, 11) is 0. The number of carbonyl (C=O) groups excluding carboxylic acids is 2. The van der Waals surface area contributed by atoms with Crippen LogP contribution in [0, 0.1) is 11.8 Å². The highest BCUT2D eigenvalue weighted by Gasteiger charge is 2.71. The van der Waals surface area contributed by atoms with Gasteiger partial charge in [-0.2, -0.15) is 0 Å². The van der Waals surface area contributed by atoms with Crippen LogP contribution in [0.4, 0.5) is 0 Å². The minimum Gasteiger partial charge on any atom is -0.480 e. The van der Waals surface area contributed by atoms with Crippen LogP contribution in [0.2, 0.25) is 0 Å². The molecule has 0 spiro atoms. The first kappa shape index (κ1) is 18.1. The molecular formula is C26H19NO4.